The molecule has 0 aliphatic heterocycles. The maximum absolute atomic E-state index is 11.5. The number of carboxylic acid groups (broad SMARTS) is 1. The van der Waals surface area contributed by atoms with Crippen molar-refractivity contribution in [3.63, 3.8) is 0 Å². The van der Waals surface area contributed by atoms with E-state index < -0.39 is 17.5 Å². The molecule has 0 radical (unpaired) electrons. The van der Waals surface area contributed by atoms with E-state index in [4.69, 9.17) is 0 Å². The summed E-state index contributed by atoms with van der Waals surface area (Å²) in [5.41, 5.74) is 0.144. The molecule has 1 aliphatic carbocycles. The molecular weight excluding hydrogens is 338 g/mol. The summed E-state index contributed by atoms with van der Waals surface area (Å²) >= 11 is 0. The number of rotatable bonds is 5. The van der Waals surface area contributed by atoms with Crippen molar-refractivity contribution in [1.82, 2.24) is 4.90 Å². The van der Waals surface area contributed by atoms with Gasteiger partial charge < -0.3 is 19.9 Å². The van der Waals surface area contributed by atoms with Crippen LogP contribution in [0.25, 0.3) is 0 Å². The summed E-state index contributed by atoms with van der Waals surface area (Å²) in [4.78, 5) is 13.7. The van der Waals surface area contributed by atoms with Gasteiger partial charge in [-0.05, 0) is 52.3 Å². The highest BCUT2D eigenvalue weighted by atomic mass is 35.5. The number of aliphatic carboxylic acids is 1. The highest BCUT2D eigenvalue weighted by molar-refractivity contribution is 5.85. The molecule has 0 aromatic heterocycles. The minimum atomic E-state index is -1.52. The zero-order valence-corrected chi connectivity index (χ0v) is 15.9. The topological polar surface area (TPSA) is 63.6 Å². The number of carboxylic acids is 1. The number of halogens is 1. The second kappa shape index (κ2) is 9.24. The van der Waals surface area contributed by atoms with Crippen molar-refractivity contribution < 1.29 is 15.0 Å². The van der Waals surface area contributed by atoms with Crippen LogP contribution in [0.2, 0.25) is 0 Å². The molecule has 0 amide bonds. The first-order chi connectivity index (χ1) is 11.4. The Hall–Kier alpha value is -1.54. The first kappa shape index (κ1) is 21.5. The van der Waals surface area contributed by atoms with Gasteiger partial charge in [-0.3, -0.25) is 0 Å². The largest absolute Gasteiger partial charge is 0.547 e. The minimum Gasteiger partial charge on any atom is -0.547 e. The van der Waals surface area contributed by atoms with Crippen molar-refractivity contribution in [2.45, 2.75) is 50.7 Å². The Kier molecular flexibility index (Phi) is 7.95. The van der Waals surface area contributed by atoms with Gasteiger partial charge in [-0.25, -0.2) is 0 Å². The van der Waals surface area contributed by atoms with Gasteiger partial charge in [0, 0.05) is 11.5 Å². The molecule has 138 valence electrons. The van der Waals surface area contributed by atoms with E-state index in [1.165, 1.54) is 0 Å². The van der Waals surface area contributed by atoms with Crippen molar-refractivity contribution in [2.75, 3.05) is 14.1 Å². The Bertz CT molecular complexity index is 613. The summed E-state index contributed by atoms with van der Waals surface area (Å²) in [6.07, 6.45) is 1.38. The number of aliphatic hydroxyl groups is 1. The van der Waals surface area contributed by atoms with Gasteiger partial charge in [0.2, 0.25) is 0 Å². The van der Waals surface area contributed by atoms with Gasteiger partial charge in [0.15, 0.2) is 0 Å². The number of carbonyl (C=O) groups is 1. The quantitative estimate of drug-likeness (QED) is 0.809. The van der Waals surface area contributed by atoms with Crippen LogP contribution in [0.1, 0.15) is 44.1 Å². The molecule has 1 aromatic carbocycles. The van der Waals surface area contributed by atoms with Gasteiger partial charge in [-0.2, -0.15) is 0 Å². The SMILES string of the molecule is CC#CC(c1ccccc1)C1(C(O)C(=O)[O-])CCC(N(C)C)CC1.Cl. The van der Waals surface area contributed by atoms with Crippen molar-refractivity contribution >= 4 is 18.4 Å². The van der Waals surface area contributed by atoms with E-state index in [1.807, 2.05) is 44.4 Å². The third kappa shape index (κ3) is 4.55. The second-order valence-corrected chi connectivity index (χ2v) is 6.89. The number of carbonyl (C=O) groups excluding carboxylic acids is 1. The summed E-state index contributed by atoms with van der Waals surface area (Å²) in [6, 6.07) is 10.1. The van der Waals surface area contributed by atoms with E-state index in [0.29, 0.717) is 18.9 Å². The summed E-state index contributed by atoms with van der Waals surface area (Å²) < 4.78 is 0. The molecule has 0 saturated heterocycles. The summed E-state index contributed by atoms with van der Waals surface area (Å²) in [7, 11) is 4.07. The van der Waals surface area contributed by atoms with Crippen molar-refractivity contribution in [3.05, 3.63) is 35.9 Å². The molecule has 25 heavy (non-hydrogen) atoms. The predicted molar refractivity (Wildman–Crippen MR) is 99.3 cm³/mol. The van der Waals surface area contributed by atoms with Crippen molar-refractivity contribution in [3.8, 4) is 11.8 Å². The molecule has 0 bridgehead atoms. The number of benzene rings is 1. The van der Waals surface area contributed by atoms with E-state index in [2.05, 4.69) is 16.7 Å². The Morgan fingerprint density at radius 1 is 1.28 bits per heavy atom. The van der Waals surface area contributed by atoms with E-state index in [-0.39, 0.29) is 18.3 Å². The predicted octanol–water partition coefficient (Wildman–Crippen LogP) is 1.82. The fourth-order valence-corrected chi connectivity index (χ4v) is 3.96. The number of hydrogen-bond donors (Lipinski definition) is 1. The molecule has 1 fully saturated rings. The smallest absolute Gasteiger partial charge is 0.100 e. The van der Waals surface area contributed by atoms with Crippen LogP contribution in [0.4, 0.5) is 0 Å². The molecule has 0 spiro atoms. The highest BCUT2D eigenvalue weighted by Crippen LogP contribution is 2.50. The first-order valence-corrected chi connectivity index (χ1v) is 8.45. The lowest BCUT2D eigenvalue weighted by atomic mass is 9.60. The van der Waals surface area contributed by atoms with Crippen LogP contribution in [0, 0.1) is 17.3 Å². The van der Waals surface area contributed by atoms with E-state index in [1.54, 1.807) is 6.92 Å². The van der Waals surface area contributed by atoms with Gasteiger partial charge in [-0.15, -0.1) is 18.3 Å². The molecule has 1 N–H and O–H groups in total. The van der Waals surface area contributed by atoms with Gasteiger partial charge in [0.1, 0.15) is 6.10 Å². The van der Waals surface area contributed by atoms with Crippen LogP contribution in [0.5, 0.6) is 0 Å². The molecule has 1 aliphatic rings. The summed E-state index contributed by atoms with van der Waals surface area (Å²) in [5.74, 6) is 4.38. The summed E-state index contributed by atoms with van der Waals surface area (Å²) in [5, 5.41) is 22.1. The highest BCUT2D eigenvalue weighted by Gasteiger charge is 2.48. The van der Waals surface area contributed by atoms with Crippen LogP contribution in [-0.2, 0) is 4.79 Å². The molecular formula is C20H27ClNO3-. The molecule has 2 rings (SSSR count). The van der Waals surface area contributed by atoms with Crippen LogP contribution >= 0.6 is 12.4 Å². The van der Waals surface area contributed by atoms with Gasteiger partial charge >= 0.3 is 0 Å². The van der Waals surface area contributed by atoms with Crippen LogP contribution < -0.4 is 5.11 Å². The van der Waals surface area contributed by atoms with Crippen LogP contribution in [0.3, 0.4) is 0 Å². The molecule has 1 saturated carbocycles. The van der Waals surface area contributed by atoms with Gasteiger partial charge in [0.05, 0.1) is 11.9 Å². The number of nitrogens with zero attached hydrogens (tertiary/aromatic N) is 1. The average molecular weight is 365 g/mol. The van der Waals surface area contributed by atoms with Crippen molar-refractivity contribution in [2.24, 2.45) is 5.41 Å². The Labute approximate surface area is 156 Å². The monoisotopic (exact) mass is 364 g/mol. The molecule has 4 nitrogen and oxygen atoms in total. The molecule has 5 heteroatoms. The average Bonchev–Trinajstić information content (AvgIpc) is 2.59. The molecule has 2 atom stereocenters. The summed E-state index contributed by atoms with van der Waals surface area (Å²) in [6.45, 7) is 1.75. The Morgan fingerprint density at radius 3 is 2.28 bits per heavy atom. The zero-order chi connectivity index (χ0) is 17.7. The molecule has 0 heterocycles. The Balaban J connectivity index is 0.00000312. The lowest BCUT2D eigenvalue weighted by molar-refractivity contribution is -0.321. The first-order valence-electron chi connectivity index (χ1n) is 8.45. The van der Waals surface area contributed by atoms with E-state index in [0.717, 1.165) is 18.4 Å². The lowest BCUT2D eigenvalue weighted by Gasteiger charge is -2.48. The lowest BCUT2D eigenvalue weighted by Crippen LogP contribution is -2.53. The van der Waals surface area contributed by atoms with Crippen LogP contribution in [0.15, 0.2) is 30.3 Å². The fourth-order valence-electron chi connectivity index (χ4n) is 3.96. The number of aliphatic hydroxyl groups excluding tert-OH is 1. The fraction of sp³-hybridized carbons (Fsp3) is 0.550. The third-order valence-electron chi connectivity index (χ3n) is 5.38. The standard InChI is InChI=1S/C20H27NO3.ClH/c1-4-8-17(15-9-6-5-7-10-15)20(18(22)19(23)24)13-11-16(12-14-20)21(2)3;/h5-7,9-10,16-18,22H,11-14H2,1-3H3,(H,23,24);1H/p-1. The molecule has 2 unspecified atom stereocenters. The minimum absolute atomic E-state index is 0. The zero-order valence-electron chi connectivity index (χ0n) is 15.1. The third-order valence-corrected chi connectivity index (χ3v) is 5.38. The maximum atomic E-state index is 11.5. The van der Waals surface area contributed by atoms with Crippen LogP contribution in [-0.4, -0.2) is 42.2 Å². The van der Waals surface area contributed by atoms with Crippen molar-refractivity contribution in [1.29, 1.82) is 0 Å². The normalized spacial score (nSPS) is 25.2. The number of hydrogen-bond acceptors (Lipinski definition) is 4. The second-order valence-electron chi connectivity index (χ2n) is 6.89. The maximum Gasteiger partial charge on any atom is 0.100 e. The Morgan fingerprint density at radius 2 is 1.84 bits per heavy atom. The van der Waals surface area contributed by atoms with E-state index in [9.17, 15) is 15.0 Å². The van der Waals surface area contributed by atoms with E-state index >= 15 is 0 Å². The molecule has 1 aromatic rings. The van der Waals surface area contributed by atoms with Gasteiger partial charge in [-0.1, -0.05) is 36.3 Å². The van der Waals surface area contributed by atoms with Gasteiger partial charge in [0.25, 0.3) is 0 Å².